The molecule has 2 rings (SSSR count). The molecule has 0 atom stereocenters. The maximum atomic E-state index is 11.0. The van der Waals surface area contributed by atoms with Crippen LogP contribution in [0.15, 0.2) is 18.5 Å². The van der Waals surface area contributed by atoms with Crippen molar-refractivity contribution in [2.24, 2.45) is 5.41 Å². The Kier molecular flexibility index (Phi) is 4.92. The third-order valence-electron chi connectivity index (χ3n) is 4.13. The highest BCUT2D eigenvalue weighted by atomic mass is 16.6. The zero-order valence-electron chi connectivity index (χ0n) is 13.1. The summed E-state index contributed by atoms with van der Waals surface area (Å²) in [5.74, 6) is 0. The standard InChI is InChI=1S/C12H17BN2O3.C2H6/c1-11(2)8-13(18-12(11,3)4)9-7-14-6-5-10(9)15(16)17;1-2/h5-7H,8H2,1-4H3;1-2H3. The van der Waals surface area contributed by atoms with Crippen LogP contribution in [0.1, 0.15) is 41.5 Å². The minimum absolute atomic E-state index is 0.0264. The van der Waals surface area contributed by atoms with Crippen molar-refractivity contribution >= 4 is 18.1 Å². The topological polar surface area (TPSA) is 65.3 Å². The van der Waals surface area contributed by atoms with Gasteiger partial charge in [0.2, 0.25) is 0 Å². The van der Waals surface area contributed by atoms with Crippen molar-refractivity contribution in [1.82, 2.24) is 4.98 Å². The molecular weight excluding hydrogens is 255 g/mol. The van der Waals surface area contributed by atoms with Gasteiger partial charge in [0, 0.05) is 23.9 Å². The summed E-state index contributed by atoms with van der Waals surface area (Å²) in [6.45, 7) is 12.0. The molecule has 0 amide bonds. The summed E-state index contributed by atoms with van der Waals surface area (Å²) < 4.78 is 6.00. The third-order valence-corrected chi connectivity index (χ3v) is 4.13. The van der Waals surface area contributed by atoms with Crippen molar-refractivity contribution in [2.45, 2.75) is 53.5 Å². The van der Waals surface area contributed by atoms with Gasteiger partial charge in [0.1, 0.15) is 0 Å². The molecule has 0 bridgehead atoms. The van der Waals surface area contributed by atoms with Gasteiger partial charge in [-0.3, -0.25) is 15.1 Å². The van der Waals surface area contributed by atoms with E-state index in [4.69, 9.17) is 4.65 Å². The van der Waals surface area contributed by atoms with Crippen molar-refractivity contribution in [2.75, 3.05) is 0 Å². The Balaban J connectivity index is 0.000000956. The summed E-state index contributed by atoms with van der Waals surface area (Å²) in [6, 6.07) is 1.43. The molecule has 1 aromatic heterocycles. The molecule has 0 saturated carbocycles. The van der Waals surface area contributed by atoms with Crippen molar-refractivity contribution in [3.05, 3.63) is 28.6 Å². The lowest BCUT2D eigenvalue weighted by Gasteiger charge is -2.34. The van der Waals surface area contributed by atoms with E-state index in [1.54, 1.807) is 6.20 Å². The van der Waals surface area contributed by atoms with E-state index >= 15 is 0 Å². The Morgan fingerprint density at radius 3 is 2.40 bits per heavy atom. The molecule has 2 heterocycles. The van der Waals surface area contributed by atoms with E-state index in [2.05, 4.69) is 18.8 Å². The summed E-state index contributed by atoms with van der Waals surface area (Å²) in [5, 5.41) is 11.0. The second kappa shape index (κ2) is 5.91. The zero-order chi connectivity index (χ0) is 15.6. The number of aromatic nitrogens is 1. The van der Waals surface area contributed by atoms with Crippen molar-refractivity contribution in [3.8, 4) is 0 Å². The van der Waals surface area contributed by atoms with E-state index in [1.807, 2.05) is 27.7 Å². The maximum Gasteiger partial charge on any atom is 0.336 e. The molecule has 5 nitrogen and oxygen atoms in total. The first-order valence-corrected chi connectivity index (χ1v) is 7.01. The molecule has 0 radical (unpaired) electrons. The van der Waals surface area contributed by atoms with Crippen LogP contribution in [0.5, 0.6) is 0 Å². The van der Waals surface area contributed by atoms with Gasteiger partial charge in [-0.2, -0.15) is 0 Å². The van der Waals surface area contributed by atoms with Crippen LogP contribution in [0.2, 0.25) is 6.32 Å². The van der Waals surface area contributed by atoms with Crippen LogP contribution in [-0.2, 0) is 4.65 Å². The second-order valence-corrected chi connectivity index (χ2v) is 5.90. The lowest BCUT2D eigenvalue weighted by atomic mass is 9.54. The van der Waals surface area contributed by atoms with E-state index in [0.29, 0.717) is 5.46 Å². The number of hydrogen-bond donors (Lipinski definition) is 0. The molecule has 1 saturated heterocycles. The fourth-order valence-corrected chi connectivity index (χ4v) is 2.25. The van der Waals surface area contributed by atoms with Gasteiger partial charge in [-0.1, -0.05) is 27.7 Å². The largest absolute Gasteiger partial charge is 0.425 e. The van der Waals surface area contributed by atoms with E-state index in [9.17, 15) is 10.1 Å². The molecule has 20 heavy (non-hydrogen) atoms. The minimum atomic E-state index is -0.376. The monoisotopic (exact) mass is 278 g/mol. The first kappa shape index (κ1) is 16.6. The second-order valence-electron chi connectivity index (χ2n) is 5.90. The van der Waals surface area contributed by atoms with Gasteiger partial charge < -0.3 is 4.65 Å². The third kappa shape index (κ3) is 3.01. The molecule has 0 unspecified atom stereocenters. The van der Waals surface area contributed by atoms with E-state index in [-0.39, 0.29) is 28.5 Å². The molecule has 0 aliphatic carbocycles. The summed E-state index contributed by atoms with van der Waals surface area (Å²) in [7, 11) is 0. The first-order chi connectivity index (χ1) is 9.24. The highest BCUT2D eigenvalue weighted by Crippen LogP contribution is 2.45. The molecule has 110 valence electrons. The van der Waals surface area contributed by atoms with Crippen molar-refractivity contribution in [3.63, 3.8) is 0 Å². The van der Waals surface area contributed by atoms with Crippen LogP contribution < -0.4 is 5.46 Å². The van der Waals surface area contributed by atoms with Gasteiger partial charge in [-0.25, -0.2) is 0 Å². The normalized spacial score (nSPS) is 19.2. The average Bonchev–Trinajstić information content (AvgIpc) is 2.61. The van der Waals surface area contributed by atoms with Crippen LogP contribution in [0.4, 0.5) is 5.69 Å². The molecule has 1 aliphatic rings. The maximum absolute atomic E-state index is 11.0. The Hall–Kier alpha value is -1.43. The molecule has 0 aromatic carbocycles. The average molecular weight is 278 g/mol. The van der Waals surface area contributed by atoms with Gasteiger partial charge in [0.05, 0.1) is 10.5 Å². The van der Waals surface area contributed by atoms with Crippen LogP contribution in [0.25, 0.3) is 0 Å². The smallest absolute Gasteiger partial charge is 0.336 e. The molecular formula is C14H23BN2O3. The molecule has 0 N–H and O–H groups in total. The predicted octanol–water partition coefficient (Wildman–Crippen LogP) is 3.05. The summed E-state index contributed by atoms with van der Waals surface area (Å²) in [6.07, 6.45) is 3.74. The molecule has 1 aliphatic heterocycles. The van der Waals surface area contributed by atoms with Crippen LogP contribution >= 0.6 is 0 Å². The zero-order valence-corrected chi connectivity index (χ0v) is 13.1. The SMILES string of the molecule is CC.CC1(C)CB(c2cnccc2[N+](=O)[O-])OC1(C)C. The van der Waals surface area contributed by atoms with Gasteiger partial charge in [-0.05, 0) is 25.6 Å². The predicted molar refractivity (Wildman–Crippen MR) is 81.4 cm³/mol. The van der Waals surface area contributed by atoms with Gasteiger partial charge in [0.15, 0.2) is 0 Å². The Bertz CT molecular complexity index is 473. The van der Waals surface area contributed by atoms with Crippen molar-refractivity contribution < 1.29 is 9.58 Å². The molecule has 1 fully saturated rings. The van der Waals surface area contributed by atoms with Crippen LogP contribution in [0, 0.1) is 15.5 Å². The number of rotatable bonds is 2. The highest BCUT2D eigenvalue weighted by molar-refractivity contribution is 6.69. The minimum Gasteiger partial charge on any atom is -0.425 e. The summed E-state index contributed by atoms with van der Waals surface area (Å²) >= 11 is 0. The Morgan fingerprint density at radius 1 is 1.35 bits per heavy atom. The van der Waals surface area contributed by atoms with E-state index in [1.165, 1.54) is 12.3 Å². The molecule has 0 spiro atoms. The Labute approximate surface area is 121 Å². The molecule has 1 aromatic rings. The number of hydrogen-bond acceptors (Lipinski definition) is 4. The fourth-order valence-electron chi connectivity index (χ4n) is 2.25. The number of nitrogens with zero attached hydrogens (tertiary/aromatic N) is 2. The van der Waals surface area contributed by atoms with Gasteiger partial charge in [0.25, 0.3) is 5.69 Å². The number of nitro groups is 1. The quantitative estimate of drug-likeness (QED) is 0.473. The summed E-state index contributed by atoms with van der Waals surface area (Å²) in [5.41, 5.74) is 0.326. The highest BCUT2D eigenvalue weighted by Gasteiger charge is 2.51. The van der Waals surface area contributed by atoms with Gasteiger partial charge in [-0.15, -0.1) is 0 Å². The fraction of sp³-hybridized carbons (Fsp3) is 0.643. The van der Waals surface area contributed by atoms with Crippen molar-refractivity contribution in [1.29, 1.82) is 0 Å². The van der Waals surface area contributed by atoms with Crippen LogP contribution in [0.3, 0.4) is 0 Å². The first-order valence-electron chi connectivity index (χ1n) is 7.01. The molecule has 6 heteroatoms. The number of pyridine rings is 1. The lowest BCUT2D eigenvalue weighted by molar-refractivity contribution is -0.383. The lowest BCUT2D eigenvalue weighted by Crippen LogP contribution is -2.36. The van der Waals surface area contributed by atoms with Crippen LogP contribution in [-0.4, -0.2) is 22.4 Å². The van der Waals surface area contributed by atoms with E-state index < -0.39 is 0 Å². The Morgan fingerprint density at radius 2 is 1.95 bits per heavy atom. The van der Waals surface area contributed by atoms with E-state index in [0.717, 1.165) is 6.32 Å². The summed E-state index contributed by atoms with van der Waals surface area (Å²) in [4.78, 5) is 14.6. The van der Waals surface area contributed by atoms with Gasteiger partial charge >= 0.3 is 6.92 Å².